The van der Waals surface area contributed by atoms with Gasteiger partial charge < -0.3 is 14.6 Å². The largest absolute Gasteiger partial charge is 0.461 e. The second-order valence-electron chi connectivity index (χ2n) is 7.56. The highest BCUT2D eigenvalue weighted by Gasteiger charge is 2.25. The van der Waals surface area contributed by atoms with Crippen LogP contribution in [0.15, 0.2) is 52.9 Å². The average molecular weight is 411 g/mol. The van der Waals surface area contributed by atoms with Crippen LogP contribution in [0.5, 0.6) is 0 Å². The highest BCUT2D eigenvalue weighted by molar-refractivity contribution is 6.33. The van der Waals surface area contributed by atoms with Gasteiger partial charge in [0.1, 0.15) is 11.3 Å². The Hall–Kier alpha value is -2.79. The van der Waals surface area contributed by atoms with Crippen molar-refractivity contribution < 1.29 is 14.0 Å². The van der Waals surface area contributed by atoms with E-state index in [4.69, 9.17) is 16.0 Å². The summed E-state index contributed by atoms with van der Waals surface area (Å²) in [5, 5.41) is 4.34. The molecule has 1 aliphatic rings. The van der Waals surface area contributed by atoms with Gasteiger partial charge in [-0.15, -0.1) is 0 Å². The van der Waals surface area contributed by atoms with Crippen LogP contribution < -0.4 is 5.32 Å². The van der Waals surface area contributed by atoms with E-state index >= 15 is 0 Å². The number of aryl methyl sites for hydroxylation is 1. The normalized spacial score (nSPS) is 16.8. The fourth-order valence-corrected chi connectivity index (χ4v) is 4.11. The highest BCUT2D eigenvalue weighted by Crippen LogP contribution is 2.23. The molecule has 1 fully saturated rings. The summed E-state index contributed by atoms with van der Waals surface area (Å²) in [4.78, 5) is 27.3. The second kappa shape index (κ2) is 8.29. The van der Waals surface area contributed by atoms with Crippen molar-refractivity contribution in [2.75, 3.05) is 19.6 Å². The van der Waals surface area contributed by atoms with Gasteiger partial charge in [0.2, 0.25) is 0 Å². The number of benzene rings is 2. The van der Waals surface area contributed by atoms with Crippen molar-refractivity contribution in [1.82, 2.24) is 10.2 Å². The summed E-state index contributed by atoms with van der Waals surface area (Å²) >= 11 is 6.10. The molecule has 6 heteroatoms. The summed E-state index contributed by atoms with van der Waals surface area (Å²) in [6, 6.07) is 14.5. The Balaban J connectivity index is 1.39. The maximum Gasteiger partial charge on any atom is 0.253 e. The van der Waals surface area contributed by atoms with Crippen LogP contribution in [-0.2, 0) is 0 Å². The second-order valence-corrected chi connectivity index (χ2v) is 7.97. The van der Waals surface area contributed by atoms with Crippen LogP contribution in [0.1, 0.15) is 39.3 Å². The van der Waals surface area contributed by atoms with Crippen molar-refractivity contribution in [2.45, 2.75) is 19.8 Å². The van der Waals surface area contributed by atoms with Gasteiger partial charge in [-0.05, 0) is 62.1 Å². The first kappa shape index (κ1) is 19.5. The summed E-state index contributed by atoms with van der Waals surface area (Å²) in [6.45, 7) is 3.78. The SMILES string of the molecule is Cc1cc2cc(C(=O)N3CCCC(CNC(=O)c4ccccc4Cl)C3)ccc2o1. The Morgan fingerprint density at radius 3 is 2.86 bits per heavy atom. The van der Waals surface area contributed by atoms with Gasteiger partial charge in [-0.25, -0.2) is 0 Å². The molecular weight excluding hydrogens is 388 g/mol. The van der Waals surface area contributed by atoms with Crippen molar-refractivity contribution in [3.63, 3.8) is 0 Å². The zero-order valence-corrected chi connectivity index (χ0v) is 17.0. The van der Waals surface area contributed by atoms with Gasteiger partial charge in [-0.1, -0.05) is 23.7 Å². The maximum absolute atomic E-state index is 13.0. The number of carbonyl (C=O) groups excluding carboxylic acids is 2. The zero-order chi connectivity index (χ0) is 20.4. The van der Waals surface area contributed by atoms with Crippen LogP contribution >= 0.6 is 11.6 Å². The number of nitrogens with zero attached hydrogens (tertiary/aromatic N) is 1. The molecule has 1 saturated heterocycles. The van der Waals surface area contributed by atoms with Crippen LogP contribution in [0, 0.1) is 12.8 Å². The number of likely N-dealkylation sites (tertiary alicyclic amines) is 1. The van der Waals surface area contributed by atoms with Gasteiger partial charge in [0.05, 0.1) is 10.6 Å². The zero-order valence-electron chi connectivity index (χ0n) is 16.3. The number of hydrogen-bond acceptors (Lipinski definition) is 3. The van der Waals surface area contributed by atoms with Gasteiger partial charge in [0, 0.05) is 30.6 Å². The molecule has 0 bridgehead atoms. The Bertz CT molecular complexity index is 1060. The molecular formula is C23H23ClN2O3. The number of carbonyl (C=O) groups is 2. The van der Waals surface area contributed by atoms with E-state index < -0.39 is 0 Å². The van der Waals surface area contributed by atoms with Crippen LogP contribution in [-0.4, -0.2) is 36.3 Å². The molecule has 1 unspecified atom stereocenters. The average Bonchev–Trinajstić information content (AvgIpc) is 3.11. The molecule has 1 atom stereocenters. The van der Waals surface area contributed by atoms with Crippen LogP contribution in [0.4, 0.5) is 0 Å². The van der Waals surface area contributed by atoms with E-state index in [1.54, 1.807) is 24.3 Å². The standard InChI is InChI=1S/C23H23ClN2O3/c1-15-11-18-12-17(8-9-21(18)29-15)23(28)26-10-4-5-16(14-26)13-25-22(27)19-6-2-3-7-20(19)24/h2-3,6-9,11-12,16H,4-5,10,13-14H2,1H3,(H,25,27). The molecule has 0 radical (unpaired) electrons. The van der Waals surface area contributed by atoms with Gasteiger partial charge in [0.15, 0.2) is 0 Å². The molecule has 0 spiro atoms. The van der Waals surface area contributed by atoms with E-state index in [0.717, 1.165) is 36.1 Å². The lowest BCUT2D eigenvalue weighted by atomic mass is 9.97. The molecule has 1 aromatic heterocycles. The Morgan fingerprint density at radius 2 is 2.03 bits per heavy atom. The topological polar surface area (TPSA) is 62.6 Å². The van der Waals surface area contributed by atoms with Crippen molar-refractivity contribution in [3.8, 4) is 0 Å². The molecule has 3 aromatic rings. The highest BCUT2D eigenvalue weighted by atomic mass is 35.5. The van der Waals surface area contributed by atoms with Gasteiger partial charge >= 0.3 is 0 Å². The first-order valence-electron chi connectivity index (χ1n) is 9.83. The minimum atomic E-state index is -0.181. The molecule has 1 aliphatic heterocycles. The lowest BCUT2D eigenvalue weighted by Gasteiger charge is -2.33. The summed E-state index contributed by atoms with van der Waals surface area (Å²) in [5.41, 5.74) is 1.93. The third-order valence-corrected chi connectivity index (χ3v) is 5.69. The fourth-order valence-electron chi connectivity index (χ4n) is 3.89. The van der Waals surface area contributed by atoms with E-state index in [1.807, 2.05) is 36.1 Å². The van der Waals surface area contributed by atoms with Crippen LogP contribution in [0.25, 0.3) is 11.0 Å². The van der Waals surface area contributed by atoms with E-state index in [9.17, 15) is 9.59 Å². The van der Waals surface area contributed by atoms with Crippen molar-refractivity contribution >= 4 is 34.4 Å². The quantitative estimate of drug-likeness (QED) is 0.679. The number of fused-ring (bicyclic) bond motifs is 1. The molecule has 150 valence electrons. The number of amides is 2. The molecule has 29 heavy (non-hydrogen) atoms. The first-order valence-corrected chi connectivity index (χ1v) is 10.2. The minimum Gasteiger partial charge on any atom is -0.461 e. The number of halogens is 1. The molecule has 2 amide bonds. The first-order chi connectivity index (χ1) is 14.0. The third kappa shape index (κ3) is 4.30. The molecule has 4 rings (SSSR count). The van der Waals surface area contributed by atoms with Crippen LogP contribution in [0.2, 0.25) is 5.02 Å². The number of rotatable bonds is 4. The Kier molecular flexibility index (Phi) is 5.58. The monoisotopic (exact) mass is 410 g/mol. The van der Waals surface area contributed by atoms with Crippen molar-refractivity contribution in [1.29, 1.82) is 0 Å². The minimum absolute atomic E-state index is 0.0212. The summed E-state index contributed by atoms with van der Waals surface area (Å²) in [6.07, 6.45) is 1.90. The number of nitrogens with one attached hydrogen (secondary N) is 1. The van der Waals surface area contributed by atoms with Gasteiger partial charge in [-0.3, -0.25) is 9.59 Å². The van der Waals surface area contributed by atoms with E-state index in [1.165, 1.54) is 0 Å². The molecule has 2 heterocycles. The molecule has 0 saturated carbocycles. The summed E-state index contributed by atoms with van der Waals surface area (Å²) < 4.78 is 5.59. The lowest BCUT2D eigenvalue weighted by Crippen LogP contribution is -2.43. The van der Waals surface area contributed by atoms with Crippen LogP contribution in [0.3, 0.4) is 0 Å². The van der Waals surface area contributed by atoms with E-state index in [-0.39, 0.29) is 17.7 Å². The predicted octanol–water partition coefficient (Wildman–Crippen LogP) is 4.68. The molecule has 2 aromatic carbocycles. The molecule has 1 N–H and O–H groups in total. The van der Waals surface area contributed by atoms with E-state index in [2.05, 4.69) is 5.32 Å². The number of hydrogen-bond donors (Lipinski definition) is 1. The maximum atomic E-state index is 13.0. The van der Waals surface area contributed by atoms with Crippen molar-refractivity contribution in [2.24, 2.45) is 5.92 Å². The van der Waals surface area contributed by atoms with E-state index in [0.29, 0.717) is 29.2 Å². The van der Waals surface area contributed by atoms with Crippen molar-refractivity contribution in [3.05, 3.63) is 70.4 Å². The smallest absolute Gasteiger partial charge is 0.253 e. The predicted molar refractivity (Wildman–Crippen MR) is 113 cm³/mol. The Labute approximate surface area is 174 Å². The third-order valence-electron chi connectivity index (χ3n) is 5.36. The Morgan fingerprint density at radius 1 is 1.21 bits per heavy atom. The van der Waals surface area contributed by atoms with Gasteiger partial charge in [0.25, 0.3) is 11.8 Å². The number of piperidine rings is 1. The summed E-state index contributed by atoms with van der Waals surface area (Å²) in [7, 11) is 0. The number of furan rings is 1. The summed E-state index contributed by atoms with van der Waals surface area (Å²) in [5.74, 6) is 0.892. The fraction of sp³-hybridized carbons (Fsp3) is 0.304. The lowest BCUT2D eigenvalue weighted by molar-refractivity contribution is 0.0671. The molecule has 5 nitrogen and oxygen atoms in total. The molecule has 0 aliphatic carbocycles. The van der Waals surface area contributed by atoms with Gasteiger partial charge in [-0.2, -0.15) is 0 Å².